The van der Waals surface area contributed by atoms with Crippen molar-refractivity contribution in [3.63, 3.8) is 0 Å². The van der Waals surface area contributed by atoms with Gasteiger partial charge in [0.25, 0.3) is 0 Å². The molecule has 0 amide bonds. The lowest BCUT2D eigenvalue weighted by atomic mass is 10.2. The summed E-state index contributed by atoms with van der Waals surface area (Å²) >= 11 is 0. The number of nitrogens with one attached hydrogen (secondary N) is 1. The Morgan fingerprint density at radius 2 is 2.14 bits per heavy atom. The zero-order valence-corrected chi connectivity index (χ0v) is 15.4. The van der Waals surface area contributed by atoms with Crippen LogP contribution in [0.25, 0.3) is 0 Å². The highest BCUT2D eigenvalue weighted by atomic mass is 127. The van der Waals surface area contributed by atoms with E-state index in [-0.39, 0.29) is 30.1 Å². The number of hydrogen-bond acceptors (Lipinski definition) is 4. The van der Waals surface area contributed by atoms with Crippen molar-refractivity contribution in [2.24, 2.45) is 4.99 Å². The van der Waals surface area contributed by atoms with Crippen LogP contribution in [0.3, 0.4) is 0 Å². The maximum absolute atomic E-state index is 5.68. The second kappa shape index (κ2) is 10.6. The average Bonchev–Trinajstić information content (AvgIpc) is 2.97. The van der Waals surface area contributed by atoms with Crippen LogP contribution in [0, 0.1) is 0 Å². The molecule has 0 aromatic heterocycles. The zero-order valence-electron chi connectivity index (χ0n) is 13.0. The van der Waals surface area contributed by atoms with Crippen molar-refractivity contribution in [3.8, 4) is 0 Å². The van der Waals surface area contributed by atoms with Gasteiger partial charge < -0.3 is 24.4 Å². The minimum absolute atomic E-state index is 0. The van der Waals surface area contributed by atoms with E-state index in [1.807, 2.05) is 0 Å². The molecule has 21 heavy (non-hydrogen) atoms. The first-order valence-corrected chi connectivity index (χ1v) is 7.59. The van der Waals surface area contributed by atoms with Gasteiger partial charge in [-0.25, -0.2) is 0 Å². The van der Waals surface area contributed by atoms with Gasteiger partial charge in [0.1, 0.15) is 0 Å². The van der Waals surface area contributed by atoms with Crippen LogP contribution in [0.15, 0.2) is 4.99 Å². The Bertz CT molecular complexity index is 310. The molecule has 0 aromatic rings. The summed E-state index contributed by atoms with van der Waals surface area (Å²) in [5.41, 5.74) is 0. The Labute approximate surface area is 144 Å². The average molecular weight is 413 g/mol. The molecular weight excluding hydrogens is 385 g/mol. The summed E-state index contributed by atoms with van der Waals surface area (Å²) in [5.74, 6) is 0.965. The van der Waals surface area contributed by atoms with Crippen LogP contribution in [-0.4, -0.2) is 76.2 Å². The van der Waals surface area contributed by atoms with Crippen molar-refractivity contribution in [3.05, 3.63) is 0 Å². The summed E-state index contributed by atoms with van der Waals surface area (Å²) in [6.07, 6.45) is 2.70. The second-order valence-electron chi connectivity index (χ2n) is 5.22. The third kappa shape index (κ3) is 6.25. The molecule has 2 atom stereocenters. The number of aliphatic imine (C=N–C) groups is 1. The first-order chi connectivity index (χ1) is 9.83. The van der Waals surface area contributed by atoms with E-state index in [2.05, 4.69) is 17.1 Å². The van der Waals surface area contributed by atoms with Crippen LogP contribution in [-0.2, 0) is 14.2 Å². The van der Waals surface area contributed by atoms with Gasteiger partial charge in [-0.2, -0.15) is 0 Å². The Morgan fingerprint density at radius 1 is 1.33 bits per heavy atom. The minimum Gasteiger partial charge on any atom is -0.382 e. The number of nitrogens with zero attached hydrogens (tertiary/aromatic N) is 2. The van der Waals surface area contributed by atoms with Gasteiger partial charge in [-0.05, 0) is 19.8 Å². The zero-order chi connectivity index (χ0) is 14.2. The van der Waals surface area contributed by atoms with Crippen molar-refractivity contribution < 1.29 is 14.2 Å². The molecule has 0 bridgehead atoms. The van der Waals surface area contributed by atoms with Gasteiger partial charge in [0.2, 0.25) is 0 Å². The highest BCUT2D eigenvalue weighted by molar-refractivity contribution is 14.0. The number of rotatable bonds is 5. The first kappa shape index (κ1) is 18.9. The highest BCUT2D eigenvalue weighted by Crippen LogP contribution is 2.12. The van der Waals surface area contributed by atoms with Crippen LogP contribution < -0.4 is 5.32 Å². The number of methoxy groups -OCH3 is 1. The van der Waals surface area contributed by atoms with Crippen molar-refractivity contribution in [2.45, 2.75) is 32.0 Å². The van der Waals surface area contributed by atoms with Gasteiger partial charge in [-0.1, -0.05) is 0 Å². The Morgan fingerprint density at radius 3 is 2.81 bits per heavy atom. The molecule has 2 rings (SSSR count). The van der Waals surface area contributed by atoms with Crippen LogP contribution in [0.1, 0.15) is 19.8 Å². The third-order valence-corrected chi connectivity index (χ3v) is 3.59. The predicted molar refractivity (Wildman–Crippen MR) is 93.6 cm³/mol. The van der Waals surface area contributed by atoms with Crippen LogP contribution in [0.5, 0.6) is 0 Å². The molecule has 124 valence electrons. The number of halogens is 1. The molecule has 2 aliphatic rings. The van der Waals surface area contributed by atoms with Crippen LogP contribution in [0.4, 0.5) is 0 Å². The molecule has 0 radical (unpaired) electrons. The van der Waals surface area contributed by atoms with Gasteiger partial charge in [0.05, 0.1) is 32.0 Å². The first-order valence-electron chi connectivity index (χ1n) is 7.59. The Balaban J connectivity index is 0.00000220. The summed E-state index contributed by atoms with van der Waals surface area (Å²) in [5, 5.41) is 3.36. The van der Waals surface area contributed by atoms with Crippen molar-refractivity contribution in [1.82, 2.24) is 10.2 Å². The molecule has 2 aliphatic heterocycles. The van der Waals surface area contributed by atoms with E-state index in [0.29, 0.717) is 12.7 Å². The van der Waals surface area contributed by atoms with E-state index >= 15 is 0 Å². The van der Waals surface area contributed by atoms with Crippen LogP contribution in [0.2, 0.25) is 0 Å². The summed E-state index contributed by atoms with van der Waals surface area (Å²) in [7, 11) is 1.71. The maximum atomic E-state index is 5.68. The predicted octanol–water partition coefficient (Wildman–Crippen LogP) is 1.10. The SMILES string of the molecule is CCNC(=NCC1CCCO1)N1CCOC(COC)C1.I. The number of morpholine rings is 1. The van der Waals surface area contributed by atoms with E-state index in [1.165, 1.54) is 0 Å². The van der Waals surface area contributed by atoms with E-state index in [4.69, 9.17) is 19.2 Å². The summed E-state index contributed by atoms with van der Waals surface area (Å²) in [6, 6.07) is 0. The van der Waals surface area contributed by atoms with Gasteiger partial charge in [0, 0.05) is 33.4 Å². The van der Waals surface area contributed by atoms with Crippen molar-refractivity contribution in [1.29, 1.82) is 0 Å². The number of hydrogen-bond donors (Lipinski definition) is 1. The third-order valence-electron chi connectivity index (χ3n) is 3.59. The van der Waals surface area contributed by atoms with Gasteiger partial charge >= 0.3 is 0 Å². The Kier molecular flexibility index (Phi) is 9.54. The molecule has 2 heterocycles. The monoisotopic (exact) mass is 413 g/mol. The number of ether oxygens (including phenoxy) is 3. The lowest BCUT2D eigenvalue weighted by Crippen LogP contribution is -2.51. The van der Waals surface area contributed by atoms with E-state index in [1.54, 1.807) is 7.11 Å². The molecular formula is C14H28IN3O3. The highest BCUT2D eigenvalue weighted by Gasteiger charge is 2.23. The van der Waals surface area contributed by atoms with Crippen molar-refractivity contribution in [2.75, 3.05) is 53.1 Å². The molecule has 2 fully saturated rings. The maximum Gasteiger partial charge on any atom is 0.194 e. The standard InChI is InChI=1S/C14H27N3O3.HI/c1-3-15-14(16-9-12-5-4-7-19-12)17-6-8-20-13(10-17)11-18-2;/h12-13H,3-11H2,1-2H3,(H,15,16);1H. The van der Waals surface area contributed by atoms with E-state index < -0.39 is 0 Å². The quantitative estimate of drug-likeness (QED) is 0.416. The van der Waals surface area contributed by atoms with Crippen molar-refractivity contribution >= 4 is 29.9 Å². The molecule has 7 heteroatoms. The fourth-order valence-electron chi connectivity index (χ4n) is 2.60. The summed E-state index contributed by atoms with van der Waals surface area (Å²) in [4.78, 5) is 6.98. The normalized spacial score (nSPS) is 26.6. The molecule has 0 aliphatic carbocycles. The minimum atomic E-state index is 0. The molecule has 6 nitrogen and oxygen atoms in total. The van der Waals surface area contributed by atoms with Gasteiger partial charge in [-0.15, -0.1) is 24.0 Å². The molecule has 2 saturated heterocycles. The number of guanidine groups is 1. The molecule has 0 spiro atoms. The summed E-state index contributed by atoms with van der Waals surface area (Å²) in [6.45, 7) is 7.63. The molecule has 0 aromatic carbocycles. The second-order valence-corrected chi connectivity index (χ2v) is 5.22. The lowest BCUT2D eigenvalue weighted by Gasteiger charge is -2.35. The summed E-state index contributed by atoms with van der Waals surface area (Å²) < 4.78 is 16.5. The van der Waals surface area contributed by atoms with Gasteiger partial charge in [-0.3, -0.25) is 4.99 Å². The van der Waals surface area contributed by atoms with Gasteiger partial charge in [0.15, 0.2) is 5.96 Å². The fraction of sp³-hybridized carbons (Fsp3) is 0.929. The smallest absolute Gasteiger partial charge is 0.194 e. The largest absolute Gasteiger partial charge is 0.382 e. The molecule has 2 unspecified atom stereocenters. The molecule has 1 N–H and O–H groups in total. The fourth-order valence-corrected chi connectivity index (χ4v) is 2.60. The Hall–Kier alpha value is -0.120. The van der Waals surface area contributed by atoms with Crippen LogP contribution >= 0.6 is 24.0 Å². The van der Waals surface area contributed by atoms with E-state index in [0.717, 1.165) is 58.2 Å². The van der Waals surface area contributed by atoms with E-state index in [9.17, 15) is 0 Å². The topological polar surface area (TPSA) is 55.3 Å². The molecule has 0 saturated carbocycles. The lowest BCUT2D eigenvalue weighted by molar-refractivity contribution is -0.0447.